The van der Waals surface area contributed by atoms with E-state index in [1.165, 1.54) is 0 Å². The molecular formula is C10H12Cl2N4. The summed E-state index contributed by atoms with van der Waals surface area (Å²) in [5.74, 6) is 0.736. The van der Waals surface area contributed by atoms with Crippen LogP contribution in [0.15, 0.2) is 4.99 Å². The zero-order valence-corrected chi connectivity index (χ0v) is 10.6. The van der Waals surface area contributed by atoms with E-state index in [2.05, 4.69) is 15.0 Å². The van der Waals surface area contributed by atoms with Crippen molar-refractivity contribution in [2.24, 2.45) is 4.99 Å². The Morgan fingerprint density at radius 3 is 2.25 bits per heavy atom. The van der Waals surface area contributed by atoms with Crippen LogP contribution >= 0.6 is 23.2 Å². The summed E-state index contributed by atoms with van der Waals surface area (Å²) >= 11 is 12.1. The van der Waals surface area contributed by atoms with Crippen molar-refractivity contribution in [3.63, 3.8) is 0 Å². The third-order valence-corrected chi connectivity index (χ3v) is 2.81. The Kier molecular flexibility index (Phi) is 3.30. The Morgan fingerprint density at radius 2 is 1.81 bits per heavy atom. The number of hydrogen-bond acceptors (Lipinski definition) is 3. The second-order valence-corrected chi connectivity index (χ2v) is 4.72. The number of rotatable bonds is 3. The fraction of sp³-hybridized carbons (Fsp3) is 0.500. The van der Waals surface area contributed by atoms with Gasteiger partial charge in [-0.15, -0.1) is 0 Å². The summed E-state index contributed by atoms with van der Waals surface area (Å²) in [4.78, 5) is 14.1. The van der Waals surface area contributed by atoms with Crippen molar-refractivity contribution < 1.29 is 0 Å². The lowest BCUT2D eigenvalue weighted by Gasteiger charge is -2.05. The Hall–Kier alpha value is -0.870. The molecule has 0 saturated heterocycles. The van der Waals surface area contributed by atoms with Crippen LogP contribution in [0, 0.1) is 0 Å². The molecule has 0 radical (unpaired) electrons. The van der Waals surface area contributed by atoms with Crippen LogP contribution in [0.1, 0.15) is 24.3 Å². The first-order valence-electron chi connectivity index (χ1n) is 5.01. The van der Waals surface area contributed by atoms with E-state index in [-0.39, 0.29) is 0 Å². The van der Waals surface area contributed by atoms with Crippen molar-refractivity contribution in [2.75, 3.05) is 14.1 Å². The third kappa shape index (κ3) is 2.62. The number of aromatic nitrogens is 2. The zero-order valence-electron chi connectivity index (χ0n) is 9.11. The van der Waals surface area contributed by atoms with Crippen molar-refractivity contribution >= 4 is 35.5 Å². The van der Waals surface area contributed by atoms with Crippen molar-refractivity contribution in [3.05, 3.63) is 15.9 Å². The second-order valence-electron chi connectivity index (χ2n) is 4.00. The van der Waals surface area contributed by atoms with Crippen LogP contribution in [0.4, 0.5) is 5.95 Å². The van der Waals surface area contributed by atoms with E-state index in [9.17, 15) is 0 Å². The van der Waals surface area contributed by atoms with Crippen molar-refractivity contribution in [1.82, 2.24) is 14.9 Å². The van der Waals surface area contributed by atoms with Gasteiger partial charge in [0.2, 0.25) is 0 Å². The molecule has 1 fully saturated rings. The first kappa shape index (κ1) is 11.6. The van der Waals surface area contributed by atoms with E-state index in [0.717, 1.165) is 18.4 Å². The van der Waals surface area contributed by atoms with E-state index < -0.39 is 0 Å². The topological polar surface area (TPSA) is 41.4 Å². The highest BCUT2D eigenvalue weighted by Crippen LogP contribution is 2.45. The van der Waals surface area contributed by atoms with Crippen molar-refractivity contribution in [2.45, 2.75) is 18.8 Å². The molecule has 2 rings (SSSR count). The molecule has 0 unspecified atom stereocenters. The average molecular weight is 259 g/mol. The van der Waals surface area contributed by atoms with Crippen LogP contribution in [-0.2, 0) is 0 Å². The maximum Gasteiger partial charge on any atom is 0.253 e. The zero-order chi connectivity index (χ0) is 11.7. The van der Waals surface area contributed by atoms with Gasteiger partial charge in [-0.2, -0.15) is 9.97 Å². The Balaban J connectivity index is 2.29. The summed E-state index contributed by atoms with van der Waals surface area (Å²) in [5, 5.41) is 0.849. The Bertz CT molecular complexity index is 404. The molecule has 1 aliphatic rings. The largest absolute Gasteiger partial charge is 0.369 e. The number of nitrogens with zero attached hydrogens (tertiary/aromatic N) is 4. The number of hydrogen-bond donors (Lipinski definition) is 0. The molecule has 0 amide bonds. The fourth-order valence-electron chi connectivity index (χ4n) is 1.34. The van der Waals surface area contributed by atoms with E-state index in [4.69, 9.17) is 23.2 Å². The molecule has 1 aromatic rings. The van der Waals surface area contributed by atoms with Gasteiger partial charge in [-0.05, 0) is 18.8 Å². The summed E-state index contributed by atoms with van der Waals surface area (Å²) in [6.07, 6.45) is 3.84. The van der Waals surface area contributed by atoms with Crippen LogP contribution in [0.25, 0.3) is 0 Å². The number of halogens is 2. The standard InChI is InChI=1S/C10H12Cl2N4/c1-16(2)5-13-10-14-8(11)7(6-3-4-6)9(12)15-10/h5-6H,3-4H2,1-2H3/b13-5-. The van der Waals surface area contributed by atoms with Crippen LogP contribution in [-0.4, -0.2) is 35.3 Å². The predicted molar refractivity (Wildman–Crippen MR) is 65.9 cm³/mol. The van der Waals surface area contributed by atoms with Gasteiger partial charge in [-0.3, -0.25) is 0 Å². The maximum absolute atomic E-state index is 6.06. The molecule has 1 aliphatic carbocycles. The molecule has 6 heteroatoms. The van der Waals surface area contributed by atoms with Crippen LogP contribution in [0.2, 0.25) is 10.3 Å². The highest BCUT2D eigenvalue weighted by atomic mass is 35.5. The predicted octanol–water partition coefficient (Wildman–Crippen LogP) is 2.88. The molecule has 1 saturated carbocycles. The van der Waals surface area contributed by atoms with Gasteiger partial charge in [0.1, 0.15) is 10.3 Å². The average Bonchev–Trinajstić information content (AvgIpc) is 2.97. The lowest BCUT2D eigenvalue weighted by molar-refractivity contribution is 0.642. The van der Waals surface area contributed by atoms with Gasteiger partial charge in [0.25, 0.3) is 5.95 Å². The van der Waals surface area contributed by atoms with Crippen molar-refractivity contribution in [1.29, 1.82) is 0 Å². The fourth-order valence-corrected chi connectivity index (χ4v) is 2.03. The number of aliphatic imine (C=N–C) groups is 1. The molecule has 0 aliphatic heterocycles. The molecule has 0 atom stereocenters. The lowest BCUT2D eigenvalue weighted by Crippen LogP contribution is -2.07. The SMILES string of the molecule is CN(C)/C=N\c1nc(Cl)c(C2CC2)c(Cl)n1. The molecule has 0 N–H and O–H groups in total. The van der Waals surface area contributed by atoms with E-state index in [1.54, 1.807) is 11.2 Å². The minimum Gasteiger partial charge on any atom is -0.369 e. The van der Waals surface area contributed by atoms with E-state index in [1.807, 2.05) is 14.1 Å². The molecule has 86 valence electrons. The van der Waals surface area contributed by atoms with Gasteiger partial charge in [0, 0.05) is 19.7 Å². The first-order valence-corrected chi connectivity index (χ1v) is 5.77. The molecule has 4 nitrogen and oxygen atoms in total. The maximum atomic E-state index is 6.06. The highest BCUT2D eigenvalue weighted by Gasteiger charge is 2.30. The molecule has 1 aromatic heterocycles. The molecule has 1 heterocycles. The van der Waals surface area contributed by atoms with Crippen LogP contribution < -0.4 is 0 Å². The molecule has 16 heavy (non-hydrogen) atoms. The molecule has 0 aromatic carbocycles. The normalized spacial score (nSPS) is 15.8. The monoisotopic (exact) mass is 258 g/mol. The minimum absolute atomic E-state index is 0.299. The smallest absolute Gasteiger partial charge is 0.253 e. The first-order chi connectivity index (χ1) is 7.58. The van der Waals surface area contributed by atoms with Gasteiger partial charge >= 0.3 is 0 Å². The molecule has 0 spiro atoms. The van der Waals surface area contributed by atoms with Gasteiger partial charge in [0.05, 0.1) is 6.34 Å². The molecular weight excluding hydrogens is 247 g/mol. The van der Waals surface area contributed by atoms with E-state index >= 15 is 0 Å². The third-order valence-electron chi connectivity index (χ3n) is 2.23. The molecule has 0 bridgehead atoms. The Labute approximate surface area is 104 Å². The summed E-state index contributed by atoms with van der Waals surface area (Å²) in [6.45, 7) is 0. The van der Waals surface area contributed by atoms with Gasteiger partial charge < -0.3 is 4.90 Å². The second kappa shape index (κ2) is 4.55. The minimum atomic E-state index is 0.299. The highest BCUT2D eigenvalue weighted by molar-refractivity contribution is 6.34. The quantitative estimate of drug-likeness (QED) is 0.476. The van der Waals surface area contributed by atoms with Crippen LogP contribution in [0.3, 0.4) is 0 Å². The Morgan fingerprint density at radius 1 is 1.25 bits per heavy atom. The van der Waals surface area contributed by atoms with Gasteiger partial charge in [-0.25, -0.2) is 4.99 Å². The summed E-state index contributed by atoms with van der Waals surface area (Å²) in [5.41, 5.74) is 0.868. The van der Waals surface area contributed by atoms with Gasteiger partial charge in [-0.1, -0.05) is 23.2 Å². The van der Waals surface area contributed by atoms with Crippen molar-refractivity contribution in [3.8, 4) is 0 Å². The van der Waals surface area contributed by atoms with Crippen LogP contribution in [0.5, 0.6) is 0 Å². The van der Waals surface area contributed by atoms with Gasteiger partial charge in [0.15, 0.2) is 0 Å². The van der Waals surface area contributed by atoms with E-state index in [0.29, 0.717) is 22.2 Å². The summed E-state index contributed by atoms with van der Waals surface area (Å²) in [6, 6.07) is 0. The lowest BCUT2D eigenvalue weighted by atomic mass is 10.2. The summed E-state index contributed by atoms with van der Waals surface area (Å²) in [7, 11) is 3.73. The summed E-state index contributed by atoms with van der Waals surface area (Å²) < 4.78 is 0.